The largest absolute Gasteiger partial charge is 0.298 e. The van der Waals surface area contributed by atoms with Crippen molar-refractivity contribution in [1.82, 2.24) is 14.6 Å². The molecule has 0 unspecified atom stereocenters. The van der Waals surface area contributed by atoms with Gasteiger partial charge in [-0.15, -0.1) is 0 Å². The Morgan fingerprint density at radius 2 is 1.84 bits per heavy atom. The molecule has 0 saturated carbocycles. The number of pyridine rings is 1. The highest BCUT2D eigenvalue weighted by molar-refractivity contribution is 7.89. The smallest absolute Gasteiger partial charge is 0.242 e. The molecule has 6 heteroatoms. The van der Waals surface area contributed by atoms with Crippen LogP contribution in [0.5, 0.6) is 0 Å². The van der Waals surface area contributed by atoms with Gasteiger partial charge in [-0.3, -0.25) is 9.88 Å². The molecule has 0 amide bonds. The van der Waals surface area contributed by atoms with Crippen molar-refractivity contribution in [2.45, 2.75) is 42.7 Å². The lowest BCUT2D eigenvalue weighted by Gasteiger charge is -2.36. The van der Waals surface area contributed by atoms with Gasteiger partial charge in [0, 0.05) is 31.0 Å². The molecule has 1 aromatic heterocycles. The average Bonchev–Trinajstić information content (AvgIpc) is 3.07. The van der Waals surface area contributed by atoms with Gasteiger partial charge in [-0.25, -0.2) is 13.1 Å². The summed E-state index contributed by atoms with van der Waals surface area (Å²) in [5, 5.41) is 0. The normalized spacial score (nSPS) is 22.0. The highest BCUT2D eigenvalue weighted by Crippen LogP contribution is 2.27. The van der Waals surface area contributed by atoms with E-state index in [1.165, 1.54) is 17.3 Å². The molecule has 1 saturated heterocycles. The van der Waals surface area contributed by atoms with Gasteiger partial charge in [0.2, 0.25) is 10.0 Å². The van der Waals surface area contributed by atoms with Crippen LogP contribution < -0.4 is 4.72 Å². The third kappa shape index (κ3) is 3.61. The van der Waals surface area contributed by atoms with Crippen molar-refractivity contribution in [2.75, 3.05) is 13.1 Å². The van der Waals surface area contributed by atoms with Gasteiger partial charge in [-0.2, -0.15) is 0 Å². The first kappa shape index (κ1) is 16.7. The van der Waals surface area contributed by atoms with Gasteiger partial charge >= 0.3 is 0 Å². The number of fused-ring (bicyclic) bond motifs is 1. The van der Waals surface area contributed by atoms with Gasteiger partial charge in [0.15, 0.2) is 0 Å². The maximum atomic E-state index is 12.5. The molecule has 0 spiro atoms. The van der Waals surface area contributed by atoms with Gasteiger partial charge in [0.05, 0.1) is 0 Å². The maximum Gasteiger partial charge on any atom is 0.242 e. The molecule has 1 aromatic carbocycles. The number of hydrogen-bond donors (Lipinski definition) is 1. The van der Waals surface area contributed by atoms with Crippen LogP contribution in [0.2, 0.25) is 0 Å². The Morgan fingerprint density at radius 1 is 1.08 bits per heavy atom. The van der Waals surface area contributed by atoms with E-state index in [1.54, 1.807) is 18.3 Å². The molecule has 4 rings (SSSR count). The minimum Gasteiger partial charge on any atom is -0.298 e. The third-order valence-electron chi connectivity index (χ3n) is 5.27. The van der Waals surface area contributed by atoms with E-state index in [2.05, 4.69) is 38.9 Å². The molecule has 2 heterocycles. The Labute approximate surface area is 149 Å². The predicted molar refractivity (Wildman–Crippen MR) is 96.8 cm³/mol. The van der Waals surface area contributed by atoms with Crippen molar-refractivity contribution in [2.24, 2.45) is 0 Å². The highest BCUT2D eigenvalue weighted by atomic mass is 32.2. The van der Waals surface area contributed by atoms with Crippen LogP contribution in [0.3, 0.4) is 0 Å². The number of sulfonamides is 1. The van der Waals surface area contributed by atoms with Crippen LogP contribution in [0.15, 0.2) is 53.7 Å². The molecule has 2 aliphatic rings. The number of nitrogens with one attached hydrogen (secondary N) is 1. The van der Waals surface area contributed by atoms with Crippen molar-refractivity contribution in [1.29, 1.82) is 0 Å². The molecular weight excluding hydrogens is 334 g/mol. The van der Waals surface area contributed by atoms with E-state index >= 15 is 0 Å². The minimum atomic E-state index is -3.50. The van der Waals surface area contributed by atoms with Crippen LogP contribution in [0.25, 0.3) is 0 Å². The standard InChI is InChI=1S/C19H23N3O2S/c23-25(24,19-8-3-9-20-13-19)21-17-7-4-10-22(14-17)18-11-15-5-1-2-6-16(15)12-18/h1-3,5-6,8-9,13,17-18,21H,4,7,10-12,14H2/t17-/m1/s1. The molecule has 1 fully saturated rings. The number of hydrogen-bond acceptors (Lipinski definition) is 4. The van der Waals surface area contributed by atoms with Crippen LogP contribution >= 0.6 is 0 Å². The second kappa shape index (κ2) is 6.86. The van der Waals surface area contributed by atoms with Crippen molar-refractivity contribution in [3.8, 4) is 0 Å². The summed E-state index contributed by atoms with van der Waals surface area (Å²) in [6, 6.07) is 12.3. The van der Waals surface area contributed by atoms with Gasteiger partial charge in [-0.1, -0.05) is 24.3 Å². The quantitative estimate of drug-likeness (QED) is 0.909. The van der Waals surface area contributed by atoms with Crippen molar-refractivity contribution in [3.63, 3.8) is 0 Å². The highest BCUT2D eigenvalue weighted by Gasteiger charge is 2.32. The Bertz CT molecular complexity index is 814. The maximum absolute atomic E-state index is 12.5. The second-order valence-electron chi connectivity index (χ2n) is 6.97. The van der Waals surface area contributed by atoms with Crippen molar-refractivity contribution in [3.05, 3.63) is 59.9 Å². The monoisotopic (exact) mass is 357 g/mol. The number of nitrogens with zero attached hydrogens (tertiary/aromatic N) is 2. The Balaban J connectivity index is 1.42. The van der Waals surface area contributed by atoms with E-state index in [1.807, 2.05) is 0 Å². The first-order valence-electron chi connectivity index (χ1n) is 8.85. The van der Waals surface area contributed by atoms with E-state index in [4.69, 9.17) is 0 Å². The van der Waals surface area contributed by atoms with E-state index in [0.29, 0.717) is 6.04 Å². The summed E-state index contributed by atoms with van der Waals surface area (Å²) in [5.74, 6) is 0. The molecule has 1 N–H and O–H groups in total. The van der Waals surface area contributed by atoms with Crippen LogP contribution in [0.1, 0.15) is 24.0 Å². The van der Waals surface area contributed by atoms with E-state index < -0.39 is 10.0 Å². The first-order chi connectivity index (χ1) is 12.1. The van der Waals surface area contributed by atoms with E-state index in [-0.39, 0.29) is 10.9 Å². The Hall–Kier alpha value is -1.76. The lowest BCUT2D eigenvalue weighted by atomic mass is 10.0. The third-order valence-corrected chi connectivity index (χ3v) is 6.77. The zero-order valence-corrected chi connectivity index (χ0v) is 15.0. The summed E-state index contributed by atoms with van der Waals surface area (Å²) in [6.45, 7) is 1.82. The Kier molecular flexibility index (Phi) is 4.58. The van der Waals surface area contributed by atoms with Crippen LogP contribution in [0.4, 0.5) is 0 Å². The minimum absolute atomic E-state index is 0.0392. The topological polar surface area (TPSA) is 62.3 Å². The fourth-order valence-electron chi connectivity index (χ4n) is 4.02. The van der Waals surface area contributed by atoms with Crippen LogP contribution in [-0.4, -0.2) is 43.5 Å². The molecule has 1 aliphatic carbocycles. The predicted octanol–water partition coefficient (Wildman–Crippen LogP) is 1.99. The molecule has 25 heavy (non-hydrogen) atoms. The van der Waals surface area contributed by atoms with E-state index in [9.17, 15) is 8.42 Å². The molecule has 0 bridgehead atoms. The van der Waals surface area contributed by atoms with Gasteiger partial charge in [0.25, 0.3) is 0 Å². The molecular formula is C19H23N3O2S. The fourth-order valence-corrected chi connectivity index (χ4v) is 5.25. The Morgan fingerprint density at radius 3 is 2.52 bits per heavy atom. The zero-order valence-electron chi connectivity index (χ0n) is 14.1. The second-order valence-corrected chi connectivity index (χ2v) is 8.69. The zero-order chi connectivity index (χ0) is 17.3. The summed E-state index contributed by atoms with van der Waals surface area (Å²) in [5.41, 5.74) is 2.87. The number of aromatic nitrogens is 1. The molecule has 0 radical (unpaired) electrons. The van der Waals surface area contributed by atoms with Crippen LogP contribution in [-0.2, 0) is 22.9 Å². The fraction of sp³-hybridized carbons (Fsp3) is 0.421. The first-order valence-corrected chi connectivity index (χ1v) is 10.3. The van der Waals surface area contributed by atoms with Gasteiger partial charge in [-0.05, 0) is 55.5 Å². The number of benzene rings is 1. The number of piperidine rings is 1. The summed E-state index contributed by atoms with van der Waals surface area (Å²) in [4.78, 5) is 6.61. The SMILES string of the molecule is O=S(=O)(N[C@@H]1CCCN(C2Cc3ccccc3C2)C1)c1cccnc1. The average molecular weight is 357 g/mol. The summed E-state index contributed by atoms with van der Waals surface area (Å²) >= 11 is 0. The van der Waals surface area contributed by atoms with Crippen LogP contribution in [0, 0.1) is 0 Å². The lowest BCUT2D eigenvalue weighted by molar-refractivity contribution is 0.148. The van der Waals surface area contributed by atoms with Gasteiger partial charge < -0.3 is 0 Å². The summed E-state index contributed by atoms with van der Waals surface area (Å²) < 4.78 is 28.0. The lowest BCUT2D eigenvalue weighted by Crippen LogP contribution is -2.51. The molecule has 5 nitrogen and oxygen atoms in total. The summed E-state index contributed by atoms with van der Waals surface area (Å²) in [6.07, 6.45) is 7.02. The summed E-state index contributed by atoms with van der Waals surface area (Å²) in [7, 11) is -3.50. The van der Waals surface area contributed by atoms with Crippen molar-refractivity contribution >= 4 is 10.0 Å². The number of likely N-dealkylation sites (tertiary alicyclic amines) is 1. The molecule has 2 aromatic rings. The molecule has 1 aliphatic heterocycles. The van der Waals surface area contributed by atoms with E-state index in [0.717, 1.165) is 38.8 Å². The van der Waals surface area contributed by atoms with Crippen molar-refractivity contribution < 1.29 is 8.42 Å². The molecule has 1 atom stereocenters. The number of rotatable bonds is 4. The molecule has 132 valence electrons. The van der Waals surface area contributed by atoms with Gasteiger partial charge in [0.1, 0.15) is 4.90 Å².